The monoisotopic (exact) mass is 402 g/mol. The average molecular weight is 403 g/mol. The van der Waals surface area contributed by atoms with Gasteiger partial charge in [-0.05, 0) is 62.1 Å². The Morgan fingerprint density at radius 3 is 2.61 bits per heavy atom. The smallest absolute Gasteiger partial charge is 0.240 e. The normalized spacial score (nSPS) is 18.3. The molecule has 1 aliphatic heterocycles. The largest absolute Gasteiger partial charge is 0.371 e. The van der Waals surface area contributed by atoms with Gasteiger partial charge in [0.05, 0.1) is 17.6 Å². The molecule has 0 spiro atoms. The van der Waals surface area contributed by atoms with Crippen molar-refractivity contribution < 1.29 is 13.2 Å². The molecule has 1 aliphatic rings. The number of sulfonamides is 1. The number of rotatable bonds is 8. The highest BCUT2D eigenvalue weighted by molar-refractivity contribution is 7.89. The van der Waals surface area contributed by atoms with Gasteiger partial charge in [0.1, 0.15) is 0 Å². The summed E-state index contributed by atoms with van der Waals surface area (Å²) in [5, 5.41) is 0. The molecule has 3 rings (SSSR count). The van der Waals surface area contributed by atoms with Gasteiger partial charge >= 0.3 is 0 Å². The summed E-state index contributed by atoms with van der Waals surface area (Å²) >= 11 is 0. The van der Waals surface area contributed by atoms with Crippen molar-refractivity contribution in [3.8, 4) is 0 Å². The van der Waals surface area contributed by atoms with E-state index in [1.165, 1.54) is 5.56 Å². The molecule has 152 valence electrons. The van der Waals surface area contributed by atoms with Crippen molar-refractivity contribution >= 4 is 10.0 Å². The fourth-order valence-electron chi connectivity index (χ4n) is 3.41. The number of hydrogen-bond donors (Lipinski definition) is 1. The molecule has 0 aliphatic carbocycles. The molecule has 0 amide bonds. The molecule has 0 bridgehead atoms. The first-order valence-electron chi connectivity index (χ1n) is 9.91. The Morgan fingerprint density at radius 1 is 1.07 bits per heavy atom. The van der Waals surface area contributed by atoms with Gasteiger partial charge in [0, 0.05) is 19.6 Å². The maximum Gasteiger partial charge on any atom is 0.240 e. The molecule has 5 nitrogen and oxygen atoms in total. The minimum atomic E-state index is -3.43. The second-order valence-corrected chi connectivity index (χ2v) is 9.19. The summed E-state index contributed by atoms with van der Waals surface area (Å²) < 4.78 is 33.5. The molecule has 0 radical (unpaired) electrons. The van der Waals surface area contributed by atoms with E-state index in [0.29, 0.717) is 11.4 Å². The van der Waals surface area contributed by atoms with Crippen molar-refractivity contribution in [3.05, 3.63) is 65.2 Å². The Balaban J connectivity index is 1.41. The number of unbranched alkanes of at least 4 members (excludes halogenated alkanes) is 1. The van der Waals surface area contributed by atoms with Crippen molar-refractivity contribution in [1.82, 2.24) is 9.62 Å². The Bertz CT molecular complexity index is 869. The number of hydrogen-bond acceptors (Lipinski definition) is 4. The van der Waals surface area contributed by atoms with Crippen LogP contribution in [0, 0.1) is 13.8 Å². The standard InChI is InChI=1S/C22H30N2O3S/c1-18-10-11-21(16-19(18)2)28(25,26)23-12-6-7-13-24-14-15-27-22(17-24)20-8-4-3-5-9-20/h3-5,8-11,16,22-23H,6-7,12-15,17H2,1-2H3/t22-/m1/s1. The van der Waals surface area contributed by atoms with Crippen LogP contribution in [0.15, 0.2) is 53.4 Å². The van der Waals surface area contributed by atoms with E-state index in [9.17, 15) is 8.42 Å². The lowest BCUT2D eigenvalue weighted by Gasteiger charge is -2.33. The Morgan fingerprint density at radius 2 is 1.86 bits per heavy atom. The molecule has 1 saturated heterocycles. The van der Waals surface area contributed by atoms with Crippen LogP contribution in [-0.4, -0.2) is 46.1 Å². The topological polar surface area (TPSA) is 58.6 Å². The van der Waals surface area contributed by atoms with E-state index in [0.717, 1.165) is 50.2 Å². The summed E-state index contributed by atoms with van der Waals surface area (Å²) in [4.78, 5) is 2.74. The van der Waals surface area contributed by atoms with E-state index in [1.807, 2.05) is 38.1 Å². The minimum absolute atomic E-state index is 0.123. The molecule has 1 heterocycles. The lowest BCUT2D eigenvalue weighted by atomic mass is 10.1. The van der Waals surface area contributed by atoms with E-state index in [2.05, 4.69) is 21.8 Å². The van der Waals surface area contributed by atoms with Crippen LogP contribution in [0.1, 0.15) is 35.6 Å². The highest BCUT2D eigenvalue weighted by atomic mass is 32.2. The van der Waals surface area contributed by atoms with Crippen molar-refractivity contribution in [3.63, 3.8) is 0 Å². The Hall–Kier alpha value is -1.73. The number of benzene rings is 2. The number of morpholine rings is 1. The van der Waals surface area contributed by atoms with Crippen LogP contribution in [0.2, 0.25) is 0 Å². The predicted molar refractivity (Wildman–Crippen MR) is 112 cm³/mol. The molecular weight excluding hydrogens is 372 g/mol. The fraction of sp³-hybridized carbons (Fsp3) is 0.455. The van der Waals surface area contributed by atoms with Crippen molar-refractivity contribution in [2.45, 2.75) is 37.7 Å². The molecule has 0 aromatic heterocycles. The van der Waals surface area contributed by atoms with E-state index in [1.54, 1.807) is 12.1 Å². The Kier molecular flexibility index (Phi) is 7.24. The first-order chi connectivity index (χ1) is 13.5. The third kappa shape index (κ3) is 5.64. The van der Waals surface area contributed by atoms with Gasteiger partial charge in [0.2, 0.25) is 10.0 Å². The molecule has 0 unspecified atom stereocenters. The van der Waals surface area contributed by atoms with Crippen LogP contribution in [0.4, 0.5) is 0 Å². The molecule has 2 aromatic rings. The molecule has 28 heavy (non-hydrogen) atoms. The van der Waals surface area contributed by atoms with E-state index < -0.39 is 10.0 Å². The van der Waals surface area contributed by atoms with Crippen LogP contribution < -0.4 is 4.72 Å². The third-order valence-electron chi connectivity index (χ3n) is 5.30. The van der Waals surface area contributed by atoms with Gasteiger partial charge in [-0.3, -0.25) is 4.90 Å². The molecule has 0 saturated carbocycles. The second kappa shape index (κ2) is 9.65. The van der Waals surface area contributed by atoms with E-state index >= 15 is 0 Å². The first-order valence-corrected chi connectivity index (χ1v) is 11.4. The average Bonchev–Trinajstić information content (AvgIpc) is 2.70. The van der Waals surface area contributed by atoms with Crippen molar-refractivity contribution in [2.75, 3.05) is 32.8 Å². The zero-order chi connectivity index (χ0) is 20.0. The summed E-state index contributed by atoms with van der Waals surface area (Å²) in [7, 11) is -3.43. The summed E-state index contributed by atoms with van der Waals surface area (Å²) in [5.74, 6) is 0. The zero-order valence-corrected chi connectivity index (χ0v) is 17.5. The molecule has 1 fully saturated rings. The van der Waals surface area contributed by atoms with E-state index in [-0.39, 0.29) is 6.10 Å². The lowest BCUT2D eigenvalue weighted by molar-refractivity contribution is -0.0303. The maximum atomic E-state index is 12.4. The van der Waals surface area contributed by atoms with Gasteiger partial charge in [-0.1, -0.05) is 36.4 Å². The molecular formula is C22H30N2O3S. The second-order valence-electron chi connectivity index (χ2n) is 7.42. The minimum Gasteiger partial charge on any atom is -0.371 e. The SMILES string of the molecule is Cc1ccc(S(=O)(=O)NCCCCN2CCO[C@@H](c3ccccc3)C2)cc1C. The number of nitrogens with one attached hydrogen (secondary N) is 1. The Labute approximate surface area is 168 Å². The van der Waals surface area contributed by atoms with Crippen molar-refractivity contribution in [1.29, 1.82) is 0 Å². The number of nitrogens with zero attached hydrogens (tertiary/aromatic N) is 1. The van der Waals surface area contributed by atoms with Crippen LogP contribution >= 0.6 is 0 Å². The number of ether oxygens (including phenoxy) is 1. The zero-order valence-electron chi connectivity index (χ0n) is 16.7. The molecule has 1 atom stereocenters. The summed E-state index contributed by atoms with van der Waals surface area (Å²) in [6, 6.07) is 15.6. The van der Waals surface area contributed by atoms with Gasteiger partial charge in [0.25, 0.3) is 0 Å². The lowest BCUT2D eigenvalue weighted by Crippen LogP contribution is -2.39. The predicted octanol–water partition coefficient (Wildman–Crippen LogP) is 3.44. The van der Waals surface area contributed by atoms with Gasteiger partial charge in [0.15, 0.2) is 0 Å². The first kappa shape index (κ1) is 21.0. The summed E-state index contributed by atoms with van der Waals surface area (Å²) in [6.07, 6.45) is 1.90. The molecule has 2 aromatic carbocycles. The third-order valence-corrected chi connectivity index (χ3v) is 6.76. The van der Waals surface area contributed by atoms with Crippen LogP contribution in [0.5, 0.6) is 0 Å². The van der Waals surface area contributed by atoms with Crippen LogP contribution in [-0.2, 0) is 14.8 Å². The molecule has 6 heteroatoms. The summed E-state index contributed by atoms with van der Waals surface area (Å²) in [5.41, 5.74) is 3.30. The van der Waals surface area contributed by atoms with Gasteiger partial charge < -0.3 is 4.74 Å². The van der Waals surface area contributed by atoms with Gasteiger partial charge in [-0.2, -0.15) is 0 Å². The van der Waals surface area contributed by atoms with Crippen LogP contribution in [0.25, 0.3) is 0 Å². The van der Waals surface area contributed by atoms with Gasteiger partial charge in [-0.15, -0.1) is 0 Å². The van der Waals surface area contributed by atoms with Crippen molar-refractivity contribution in [2.24, 2.45) is 0 Å². The highest BCUT2D eigenvalue weighted by Gasteiger charge is 2.21. The fourth-order valence-corrected chi connectivity index (χ4v) is 4.57. The van der Waals surface area contributed by atoms with Gasteiger partial charge in [-0.25, -0.2) is 13.1 Å². The maximum absolute atomic E-state index is 12.4. The van der Waals surface area contributed by atoms with E-state index in [4.69, 9.17) is 4.74 Å². The molecule has 1 N–H and O–H groups in total. The summed E-state index contributed by atoms with van der Waals surface area (Å²) in [6.45, 7) is 7.88. The van der Waals surface area contributed by atoms with Crippen LogP contribution in [0.3, 0.4) is 0 Å². The quantitative estimate of drug-likeness (QED) is 0.687. The number of aryl methyl sites for hydroxylation is 2. The highest BCUT2D eigenvalue weighted by Crippen LogP contribution is 2.22.